The van der Waals surface area contributed by atoms with Crippen LogP contribution in [0.3, 0.4) is 0 Å². The minimum atomic E-state index is -1.27. The van der Waals surface area contributed by atoms with Gasteiger partial charge in [0.25, 0.3) is 5.91 Å². The quantitative estimate of drug-likeness (QED) is 0.725. The van der Waals surface area contributed by atoms with Crippen molar-refractivity contribution in [3.8, 4) is 0 Å². The Kier molecular flexibility index (Phi) is 6.78. The van der Waals surface area contributed by atoms with Gasteiger partial charge in [0, 0.05) is 0 Å². The molecule has 2 N–H and O–H groups in total. The molecule has 0 aliphatic rings. The van der Waals surface area contributed by atoms with E-state index in [1.54, 1.807) is 0 Å². The normalized spacial score (nSPS) is 12.0. The molecule has 0 fully saturated rings. The molecule has 1 aromatic carbocycles. The summed E-state index contributed by atoms with van der Waals surface area (Å²) in [6.45, 7) is 2.03. The first-order valence-corrected chi connectivity index (χ1v) is 6.95. The number of nitrogens with one attached hydrogen (secondary N) is 1. The van der Waals surface area contributed by atoms with Crippen molar-refractivity contribution in [3.05, 3.63) is 35.4 Å². The molecule has 1 rings (SSSR count). The van der Waals surface area contributed by atoms with Crippen LogP contribution in [0.4, 0.5) is 8.78 Å². The Bertz CT molecular complexity index is 506. The third-order valence-corrected chi connectivity index (χ3v) is 3.15. The van der Waals surface area contributed by atoms with Gasteiger partial charge < -0.3 is 10.4 Å². The van der Waals surface area contributed by atoms with E-state index < -0.39 is 35.1 Å². The van der Waals surface area contributed by atoms with Gasteiger partial charge in [0.2, 0.25) is 0 Å². The fraction of sp³-hybridized carbons (Fsp3) is 0.467. The first-order chi connectivity index (χ1) is 9.97. The van der Waals surface area contributed by atoms with Crippen molar-refractivity contribution < 1.29 is 23.5 Å². The fourth-order valence-corrected chi connectivity index (χ4v) is 1.95. The largest absolute Gasteiger partial charge is 0.480 e. The SMILES string of the molecule is CCCCCC[C@H](NC(=O)c1cccc(F)c1F)C(=O)O. The van der Waals surface area contributed by atoms with E-state index in [9.17, 15) is 18.4 Å². The molecule has 0 aliphatic heterocycles. The van der Waals surface area contributed by atoms with Gasteiger partial charge in [0.05, 0.1) is 5.56 Å². The van der Waals surface area contributed by atoms with Crippen LogP contribution >= 0.6 is 0 Å². The smallest absolute Gasteiger partial charge is 0.326 e. The molecule has 0 saturated carbocycles. The Hall–Kier alpha value is -1.98. The van der Waals surface area contributed by atoms with Crippen molar-refractivity contribution in [1.29, 1.82) is 0 Å². The highest BCUT2D eigenvalue weighted by molar-refractivity contribution is 5.96. The zero-order valence-corrected chi connectivity index (χ0v) is 11.9. The summed E-state index contributed by atoms with van der Waals surface area (Å²) in [5.41, 5.74) is -0.491. The van der Waals surface area contributed by atoms with Crippen LogP contribution in [0.2, 0.25) is 0 Å². The van der Waals surface area contributed by atoms with Gasteiger partial charge in [0.15, 0.2) is 11.6 Å². The number of hydrogen-bond acceptors (Lipinski definition) is 2. The second-order valence-electron chi connectivity index (χ2n) is 4.81. The number of carbonyl (C=O) groups excluding carboxylic acids is 1. The van der Waals surface area contributed by atoms with Crippen molar-refractivity contribution in [2.75, 3.05) is 0 Å². The van der Waals surface area contributed by atoms with Crippen molar-refractivity contribution >= 4 is 11.9 Å². The second kappa shape index (κ2) is 8.34. The molecule has 6 heteroatoms. The van der Waals surface area contributed by atoms with Crippen molar-refractivity contribution in [1.82, 2.24) is 5.32 Å². The number of aliphatic carboxylic acids is 1. The van der Waals surface area contributed by atoms with Gasteiger partial charge in [-0.05, 0) is 18.6 Å². The summed E-state index contributed by atoms with van der Waals surface area (Å²) in [6, 6.07) is 2.11. The number of rotatable bonds is 8. The van der Waals surface area contributed by atoms with E-state index in [4.69, 9.17) is 5.11 Å². The average molecular weight is 299 g/mol. The van der Waals surface area contributed by atoms with Gasteiger partial charge in [-0.3, -0.25) is 4.79 Å². The van der Waals surface area contributed by atoms with Gasteiger partial charge >= 0.3 is 5.97 Å². The fourth-order valence-electron chi connectivity index (χ4n) is 1.95. The maximum absolute atomic E-state index is 13.5. The van der Waals surface area contributed by atoms with Crippen molar-refractivity contribution in [2.45, 2.75) is 45.1 Å². The Morgan fingerprint density at radius 2 is 1.95 bits per heavy atom. The maximum Gasteiger partial charge on any atom is 0.326 e. The van der Waals surface area contributed by atoms with Crippen LogP contribution in [0.5, 0.6) is 0 Å². The summed E-state index contributed by atoms with van der Waals surface area (Å²) in [5, 5.41) is 11.3. The van der Waals surface area contributed by atoms with Crippen molar-refractivity contribution in [3.63, 3.8) is 0 Å². The third-order valence-electron chi connectivity index (χ3n) is 3.15. The van der Waals surface area contributed by atoms with Crippen LogP contribution in [-0.4, -0.2) is 23.0 Å². The monoisotopic (exact) mass is 299 g/mol. The lowest BCUT2D eigenvalue weighted by atomic mass is 10.1. The molecule has 0 bridgehead atoms. The van der Waals surface area contributed by atoms with Crippen LogP contribution in [-0.2, 0) is 4.79 Å². The molecular weight excluding hydrogens is 280 g/mol. The van der Waals surface area contributed by atoms with E-state index in [0.717, 1.165) is 31.4 Å². The molecule has 0 unspecified atom stereocenters. The number of amides is 1. The summed E-state index contributed by atoms with van der Waals surface area (Å²) in [7, 11) is 0. The molecule has 0 saturated heterocycles. The molecule has 21 heavy (non-hydrogen) atoms. The van der Waals surface area contributed by atoms with E-state index in [0.29, 0.717) is 6.42 Å². The molecule has 1 aromatic rings. The summed E-state index contributed by atoms with van der Waals surface area (Å²) in [5.74, 6) is -4.52. The summed E-state index contributed by atoms with van der Waals surface area (Å²) in [4.78, 5) is 22.9. The van der Waals surface area contributed by atoms with E-state index in [-0.39, 0.29) is 6.42 Å². The predicted molar refractivity (Wildman–Crippen MR) is 74.0 cm³/mol. The van der Waals surface area contributed by atoms with Gasteiger partial charge in [-0.2, -0.15) is 0 Å². The molecule has 0 heterocycles. The van der Waals surface area contributed by atoms with Crippen LogP contribution < -0.4 is 5.32 Å². The number of benzene rings is 1. The third kappa shape index (κ3) is 5.13. The highest BCUT2D eigenvalue weighted by Gasteiger charge is 2.22. The molecular formula is C15H19F2NO3. The number of hydrogen-bond donors (Lipinski definition) is 2. The number of halogens is 2. The standard InChI is InChI=1S/C15H19F2NO3/c1-2-3-4-5-9-12(15(20)21)18-14(19)10-7-6-8-11(16)13(10)17/h6-8,12H,2-5,9H2,1H3,(H,18,19)(H,20,21)/t12-/m0/s1. The Labute approximate surface area is 122 Å². The number of carboxylic acids is 1. The highest BCUT2D eigenvalue weighted by Crippen LogP contribution is 2.12. The minimum absolute atomic E-state index is 0.262. The van der Waals surface area contributed by atoms with E-state index in [1.807, 2.05) is 6.92 Å². The second-order valence-corrected chi connectivity index (χ2v) is 4.81. The molecule has 1 atom stereocenters. The summed E-state index contributed by atoms with van der Waals surface area (Å²) >= 11 is 0. The predicted octanol–water partition coefficient (Wildman–Crippen LogP) is 3.12. The van der Waals surface area contributed by atoms with Crippen LogP contribution in [0, 0.1) is 11.6 Å². The molecule has 0 radical (unpaired) electrons. The minimum Gasteiger partial charge on any atom is -0.480 e. The molecule has 0 aliphatic carbocycles. The Morgan fingerprint density at radius 3 is 2.57 bits per heavy atom. The van der Waals surface area contributed by atoms with Crippen LogP contribution in [0.1, 0.15) is 49.4 Å². The molecule has 0 spiro atoms. The zero-order valence-electron chi connectivity index (χ0n) is 11.9. The summed E-state index contributed by atoms with van der Waals surface area (Å²) < 4.78 is 26.5. The first-order valence-electron chi connectivity index (χ1n) is 6.95. The van der Waals surface area contributed by atoms with Gasteiger partial charge in [-0.25, -0.2) is 13.6 Å². The van der Waals surface area contributed by atoms with Crippen molar-refractivity contribution in [2.24, 2.45) is 0 Å². The number of carbonyl (C=O) groups is 2. The Balaban J connectivity index is 2.68. The van der Waals surface area contributed by atoms with E-state index >= 15 is 0 Å². The lowest BCUT2D eigenvalue weighted by Gasteiger charge is -2.14. The number of unbranched alkanes of at least 4 members (excludes halogenated alkanes) is 3. The van der Waals surface area contributed by atoms with Gasteiger partial charge in [-0.15, -0.1) is 0 Å². The topological polar surface area (TPSA) is 66.4 Å². The lowest BCUT2D eigenvalue weighted by Crippen LogP contribution is -2.41. The summed E-state index contributed by atoms with van der Waals surface area (Å²) in [6.07, 6.45) is 3.77. The molecule has 4 nitrogen and oxygen atoms in total. The van der Waals surface area contributed by atoms with Gasteiger partial charge in [-0.1, -0.05) is 38.7 Å². The zero-order chi connectivity index (χ0) is 15.8. The van der Waals surface area contributed by atoms with Crippen LogP contribution in [0.25, 0.3) is 0 Å². The molecule has 1 amide bonds. The maximum atomic E-state index is 13.5. The lowest BCUT2D eigenvalue weighted by molar-refractivity contribution is -0.139. The first kappa shape index (κ1) is 17.1. The van der Waals surface area contributed by atoms with Crippen LogP contribution in [0.15, 0.2) is 18.2 Å². The van der Waals surface area contributed by atoms with Gasteiger partial charge in [0.1, 0.15) is 6.04 Å². The molecule has 116 valence electrons. The number of carboxylic acid groups (broad SMARTS) is 1. The Morgan fingerprint density at radius 1 is 1.24 bits per heavy atom. The highest BCUT2D eigenvalue weighted by atomic mass is 19.2. The average Bonchev–Trinajstić information content (AvgIpc) is 2.44. The van der Waals surface area contributed by atoms with E-state index in [1.165, 1.54) is 6.07 Å². The van der Waals surface area contributed by atoms with E-state index in [2.05, 4.69) is 5.32 Å². The molecule has 0 aromatic heterocycles.